The number of rotatable bonds is 8. The number of benzene rings is 1. The lowest BCUT2D eigenvalue weighted by Gasteiger charge is -2.20. The Hall–Kier alpha value is -0.780. The molecule has 0 heterocycles. The van der Waals surface area contributed by atoms with Crippen LogP contribution in [0.25, 0.3) is 0 Å². The third-order valence-corrected chi connectivity index (χ3v) is 3.70. The van der Waals surface area contributed by atoms with Crippen molar-refractivity contribution in [3.63, 3.8) is 0 Å². The van der Waals surface area contributed by atoms with Crippen LogP contribution in [-0.2, 0) is 4.79 Å². The molecule has 1 rings (SSSR count). The molecule has 2 atom stereocenters. The molecule has 6 heteroatoms. The van der Waals surface area contributed by atoms with Crippen LogP contribution in [0.15, 0.2) is 28.7 Å². The summed E-state index contributed by atoms with van der Waals surface area (Å²) in [6.45, 7) is 4.31. The standard InChI is InChI=1S/C15H23BrN2O2.ClH/c1-3-4-7-12(10-17)18-15(19)11(2)20-14-9-6-5-8-13(14)16;/h5-6,8-9,11-12H,3-4,7,10,17H2,1-2H3,(H,18,19);1H. The van der Waals surface area contributed by atoms with E-state index in [2.05, 4.69) is 28.2 Å². The second-order valence-electron chi connectivity index (χ2n) is 4.77. The first-order chi connectivity index (χ1) is 9.58. The fourth-order valence-corrected chi connectivity index (χ4v) is 2.18. The molecule has 1 aromatic carbocycles. The summed E-state index contributed by atoms with van der Waals surface area (Å²) in [5.74, 6) is 0.528. The summed E-state index contributed by atoms with van der Waals surface area (Å²) in [5, 5.41) is 2.94. The third-order valence-electron chi connectivity index (χ3n) is 3.05. The van der Waals surface area contributed by atoms with Crippen molar-refractivity contribution >= 4 is 34.2 Å². The molecule has 0 aliphatic heterocycles. The molecule has 0 saturated heterocycles. The second-order valence-corrected chi connectivity index (χ2v) is 5.63. The molecule has 0 bridgehead atoms. The van der Waals surface area contributed by atoms with Gasteiger partial charge in [0.05, 0.1) is 4.47 Å². The number of carbonyl (C=O) groups is 1. The maximum Gasteiger partial charge on any atom is 0.261 e. The van der Waals surface area contributed by atoms with E-state index in [0.29, 0.717) is 12.3 Å². The maximum atomic E-state index is 12.1. The van der Waals surface area contributed by atoms with Gasteiger partial charge in [0.25, 0.3) is 5.91 Å². The van der Waals surface area contributed by atoms with Gasteiger partial charge in [0, 0.05) is 12.6 Å². The first-order valence-corrected chi connectivity index (χ1v) is 7.79. The number of ether oxygens (including phenoxy) is 1. The number of halogens is 2. The highest BCUT2D eigenvalue weighted by atomic mass is 79.9. The minimum Gasteiger partial charge on any atom is -0.480 e. The van der Waals surface area contributed by atoms with Gasteiger partial charge >= 0.3 is 0 Å². The van der Waals surface area contributed by atoms with Gasteiger partial charge in [-0.25, -0.2) is 0 Å². The highest BCUT2D eigenvalue weighted by Gasteiger charge is 2.18. The molecular formula is C15H24BrClN2O2. The molecule has 4 nitrogen and oxygen atoms in total. The molecule has 0 aliphatic rings. The Bertz CT molecular complexity index is 432. The monoisotopic (exact) mass is 378 g/mol. The van der Waals surface area contributed by atoms with Crippen molar-refractivity contribution in [3.05, 3.63) is 28.7 Å². The van der Waals surface area contributed by atoms with Crippen LogP contribution in [0.5, 0.6) is 5.75 Å². The number of amides is 1. The quantitative estimate of drug-likeness (QED) is 0.728. The van der Waals surface area contributed by atoms with Crippen LogP contribution >= 0.6 is 28.3 Å². The number of hydrogen-bond acceptors (Lipinski definition) is 3. The Morgan fingerprint density at radius 2 is 2.10 bits per heavy atom. The minimum atomic E-state index is -0.552. The first-order valence-electron chi connectivity index (χ1n) is 7.00. The molecule has 0 radical (unpaired) electrons. The van der Waals surface area contributed by atoms with E-state index >= 15 is 0 Å². The fraction of sp³-hybridized carbons (Fsp3) is 0.533. The SMILES string of the molecule is CCCCC(CN)NC(=O)C(C)Oc1ccccc1Br.Cl. The molecule has 0 fully saturated rings. The zero-order valence-electron chi connectivity index (χ0n) is 12.5. The topological polar surface area (TPSA) is 64.3 Å². The Morgan fingerprint density at radius 3 is 2.67 bits per heavy atom. The van der Waals surface area contributed by atoms with E-state index < -0.39 is 6.10 Å². The number of carbonyl (C=O) groups excluding carboxylic acids is 1. The predicted molar refractivity (Wildman–Crippen MR) is 92.0 cm³/mol. The van der Waals surface area contributed by atoms with Crippen LogP contribution in [0.4, 0.5) is 0 Å². The number of nitrogens with two attached hydrogens (primary N) is 1. The van der Waals surface area contributed by atoms with Gasteiger partial charge in [-0.3, -0.25) is 4.79 Å². The third kappa shape index (κ3) is 7.16. The van der Waals surface area contributed by atoms with Crippen LogP contribution in [-0.4, -0.2) is 24.6 Å². The molecule has 0 aromatic heterocycles. The van der Waals surface area contributed by atoms with Gasteiger partial charge in [-0.1, -0.05) is 31.9 Å². The van der Waals surface area contributed by atoms with E-state index in [0.717, 1.165) is 23.7 Å². The Kier molecular flexibility index (Phi) is 10.5. The highest BCUT2D eigenvalue weighted by Crippen LogP contribution is 2.24. The zero-order valence-corrected chi connectivity index (χ0v) is 14.9. The molecule has 1 amide bonds. The van der Waals surface area contributed by atoms with E-state index in [9.17, 15) is 4.79 Å². The summed E-state index contributed by atoms with van der Waals surface area (Å²) in [6, 6.07) is 7.49. The minimum absolute atomic E-state index is 0. The molecule has 0 saturated carbocycles. The van der Waals surface area contributed by atoms with E-state index in [1.165, 1.54) is 0 Å². The number of para-hydroxylation sites is 1. The molecule has 0 aliphatic carbocycles. The van der Waals surface area contributed by atoms with Crippen molar-refractivity contribution in [2.45, 2.75) is 45.3 Å². The molecule has 1 aromatic rings. The number of hydrogen-bond donors (Lipinski definition) is 2. The van der Waals surface area contributed by atoms with Crippen LogP contribution < -0.4 is 15.8 Å². The van der Waals surface area contributed by atoms with E-state index in [1.54, 1.807) is 6.92 Å². The maximum absolute atomic E-state index is 12.1. The Morgan fingerprint density at radius 1 is 1.43 bits per heavy atom. The van der Waals surface area contributed by atoms with Crippen molar-refractivity contribution < 1.29 is 9.53 Å². The van der Waals surface area contributed by atoms with Gasteiger partial charge in [-0.15, -0.1) is 12.4 Å². The summed E-state index contributed by atoms with van der Waals surface area (Å²) in [6.07, 6.45) is 2.50. The summed E-state index contributed by atoms with van der Waals surface area (Å²) in [4.78, 5) is 12.1. The summed E-state index contributed by atoms with van der Waals surface area (Å²) in [7, 11) is 0. The van der Waals surface area contributed by atoms with Crippen LogP contribution in [0.3, 0.4) is 0 Å². The van der Waals surface area contributed by atoms with E-state index in [-0.39, 0.29) is 24.4 Å². The van der Waals surface area contributed by atoms with Crippen molar-refractivity contribution in [1.82, 2.24) is 5.32 Å². The zero-order chi connectivity index (χ0) is 15.0. The van der Waals surface area contributed by atoms with E-state index in [4.69, 9.17) is 10.5 Å². The summed E-state index contributed by atoms with van der Waals surface area (Å²) < 4.78 is 6.49. The van der Waals surface area contributed by atoms with Crippen LogP contribution in [0, 0.1) is 0 Å². The van der Waals surface area contributed by atoms with Crippen LogP contribution in [0.2, 0.25) is 0 Å². The average molecular weight is 380 g/mol. The van der Waals surface area contributed by atoms with Crippen molar-refractivity contribution in [2.75, 3.05) is 6.54 Å². The van der Waals surface area contributed by atoms with Crippen LogP contribution in [0.1, 0.15) is 33.1 Å². The molecular weight excluding hydrogens is 356 g/mol. The lowest BCUT2D eigenvalue weighted by Crippen LogP contribution is -2.45. The largest absolute Gasteiger partial charge is 0.480 e. The Labute approximate surface area is 141 Å². The second kappa shape index (κ2) is 10.9. The summed E-state index contributed by atoms with van der Waals surface area (Å²) in [5.41, 5.74) is 5.68. The molecule has 21 heavy (non-hydrogen) atoms. The lowest BCUT2D eigenvalue weighted by atomic mass is 10.1. The fourth-order valence-electron chi connectivity index (χ4n) is 1.80. The van der Waals surface area contributed by atoms with Gasteiger partial charge in [0.1, 0.15) is 5.75 Å². The van der Waals surface area contributed by atoms with Crippen molar-refractivity contribution in [1.29, 1.82) is 0 Å². The predicted octanol–water partition coefficient (Wildman–Crippen LogP) is 3.27. The van der Waals surface area contributed by atoms with Crippen molar-refractivity contribution in [2.24, 2.45) is 5.73 Å². The average Bonchev–Trinajstić information content (AvgIpc) is 2.45. The smallest absolute Gasteiger partial charge is 0.261 e. The lowest BCUT2D eigenvalue weighted by molar-refractivity contribution is -0.128. The first kappa shape index (κ1) is 20.2. The Balaban J connectivity index is 0.00000400. The molecule has 0 spiro atoms. The van der Waals surface area contributed by atoms with Gasteiger partial charge < -0.3 is 15.8 Å². The van der Waals surface area contributed by atoms with Gasteiger partial charge in [0.15, 0.2) is 6.10 Å². The molecule has 120 valence electrons. The van der Waals surface area contributed by atoms with Crippen molar-refractivity contribution in [3.8, 4) is 5.75 Å². The summed E-state index contributed by atoms with van der Waals surface area (Å²) >= 11 is 3.40. The number of unbranched alkanes of at least 4 members (excludes halogenated alkanes) is 1. The number of nitrogens with one attached hydrogen (secondary N) is 1. The van der Waals surface area contributed by atoms with E-state index in [1.807, 2.05) is 24.3 Å². The van der Waals surface area contributed by atoms with Gasteiger partial charge in [-0.2, -0.15) is 0 Å². The normalized spacial score (nSPS) is 13.0. The molecule has 3 N–H and O–H groups in total. The molecule has 2 unspecified atom stereocenters. The van der Waals surface area contributed by atoms with Gasteiger partial charge in [-0.05, 0) is 41.4 Å². The highest BCUT2D eigenvalue weighted by molar-refractivity contribution is 9.10. The van der Waals surface area contributed by atoms with Gasteiger partial charge in [0.2, 0.25) is 0 Å².